The summed E-state index contributed by atoms with van der Waals surface area (Å²) in [5.74, 6) is 0.231. The predicted octanol–water partition coefficient (Wildman–Crippen LogP) is 0.559. The van der Waals surface area contributed by atoms with Crippen molar-refractivity contribution in [2.45, 2.75) is 25.3 Å². The second-order valence-corrected chi connectivity index (χ2v) is 3.78. The number of aromatic hydroxyl groups is 1. The zero-order valence-electron chi connectivity index (χ0n) is 7.86. The second-order valence-electron chi connectivity index (χ2n) is 3.78. The monoisotopic (exact) mass is 191 g/mol. The predicted molar refractivity (Wildman–Crippen MR) is 53.3 cm³/mol. The molecule has 0 amide bonds. The fourth-order valence-corrected chi connectivity index (χ4v) is 2.11. The van der Waals surface area contributed by atoms with Crippen molar-refractivity contribution in [2.75, 3.05) is 0 Å². The molecule has 0 saturated heterocycles. The van der Waals surface area contributed by atoms with Gasteiger partial charge in [-0.3, -0.25) is 0 Å². The Morgan fingerprint density at radius 3 is 3.00 bits per heavy atom. The Balaban J connectivity index is 2.46. The van der Waals surface area contributed by atoms with Gasteiger partial charge in [-0.1, -0.05) is 0 Å². The lowest BCUT2D eigenvalue weighted by atomic mass is 10.0. The summed E-state index contributed by atoms with van der Waals surface area (Å²) in [4.78, 5) is 10.5. The minimum absolute atomic E-state index is 0.136. The third-order valence-corrected chi connectivity index (χ3v) is 2.67. The number of aldehydes is 1. The van der Waals surface area contributed by atoms with Gasteiger partial charge in [0.2, 0.25) is 0 Å². The Morgan fingerprint density at radius 2 is 2.29 bits per heavy atom. The maximum Gasteiger partial charge on any atom is 0.124 e. The molecule has 0 aromatic heterocycles. The van der Waals surface area contributed by atoms with E-state index in [1.807, 2.05) is 0 Å². The molecule has 0 spiro atoms. The van der Waals surface area contributed by atoms with Gasteiger partial charge in [0.25, 0.3) is 0 Å². The average molecular weight is 191 g/mol. The van der Waals surface area contributed by atoms with Crippen LogP contribution < -0.4 is 5.73 Å². The lowest BCUT2D eigenvalue weighted by Gasteiger charge is -2.06. The van der Waals surface area contributed by atoms with Crippen molar-refractivity contribution in [3.63, 3.8) is 0 Å². The molecule has 14 heavy (non-hydrogen) atoms. The van der Waals surface area contributed by atoms with Crippen molar-refractivity contribution in [3.8, 4) is 5.75 Å². The molecule has 1 aliphatic carbocycles. The van der Waals surface area contributed by atoms with E-state index in [1.54, 1.807) is 12.1 Å². The Hall–Kier alpha value is -1.35. The van der Waals surface area contributed by atoms with Crippen molar-refractivity contribution in [2.24, 2.45) is 5.73 Å². The number of fused-ring (bicyclic) bond motifs is 1. The van der Waals surface area contributed by atoms with E-state index < -0.39 is 0 Å². The molecule has 1 aromatic carbocycles. The normalized spacial score (nSPS) is 19.4. The molecule has 3 N–H and O–H groups in total. The number of benzene rings is 1. The first-order valence-electron chi connectivity index (χ1n) is 4.73. The Labute approximate surface area is 82.5 Å². The van der Waals surface area contributed by atoms with Crippen LogP contribution in [0.3, 0.4) is 0 Å². The quantitative estimate of drug-likeness (QED) is 0.671. The van der Waals surface area contributed by atoms with Crippen LogP contribution in [0.2, 0.25) is 0 Å². The smallest absolute Gasteiger partial charge is 0.124 e. The summed E-state index contributed by atoms with van der Waals surface area (Å²) in [7, 11) is 0. The summed E-state index contributed by atoms with van der Waals surface area (Å²) in [5, 5.41) is 9.43. The highest BCUT2D eigenvalue weighted by Gasteiger charge is 2.21. The maximum atomic E-state index is 10.5. The van der Waals surface area contributed by atoms with E-state index in [1.165, 1.54) is 0 Å². The molecule has 1 unspecified atom stereocenters. The summed E-state index contributed by atoms with van der Waals surface area (Å²) in [5.41, 5.74) is 9.00. The number of hydrogen-bond acceptors (Lipinski definition) is 3. The van der Waals surface area contributed by atoms with Gasteiger partial charge >= 0.3 is 0 Å². The van der Waals surface area contributed by atoms with Gasteiger partial charge in [-0.15, -0.1) is 0 Å². The van der Waals surface area contributed by atoms with Gasteiger partial charge in [0.15, 0.2) is 0 Å². The van der Waals surface area contributed by atoms with Gasteiger partial charge in [-0.2, -0.15) is 0 Å². The number of rotatable bonds is 2. The lowest BCUT2D eigenvalue weighted by Crippen LogP contribution is -2.19. The minimum Gasteiger partial charge on any atom is -0.508 e. The third kappa shape index (κ3) is 1.51. The Bertz CT molecular complexity index is 374. The van der Waals surface area contributed by atoms with Gasteiger partial charge in [-0.05, 0) is 41.7 Å². The first kappa shape index (κ1) is 9.21. The summed E-state index contributed by atoms with van der Waals surface area (Å²) in [6.45, 7) is 0. The van der Waals surface area contributed by atoms with Crippen LogP contribution in [0.15, 0.2) is 12.1 Å². The Kier molecular flexibility index (Phi) is 2.25. The van der Waals surface area contributed by atoms with Crippen LogP contribution in [-0.2, 0) is 24.1 Å². The number of carbonyl (C=O) groups excluding carboxylic acids is 1. The third-order valence-electron chi connectivity index (χ3n) is 2.67. The van der Waals surface area contributed by atoms with Crippen molar-refractivity contribution < 1.29 is 9.90 Å². The van der Waals surface area contributed by atoms with E-state index >= 15 is 0 Å². The van der Waals surface area contributed by atoms with Crippen LogP contribution in [0.5, 0.6) is 5.75 Å². The highest BCUT2D eigenvalue weighted by Crippen LogP contribution is 2.29. The molecule has 0 saturated carbocycles. The summed E-state index contributed by atoms with van der Waals surface area (Å²) >= 11 is 0. The van der Waals surface area contributed by atoms with Crippen molar-refractivity contribution in [1.82, 2.24) is 0 Å². The summed E-state index contributed by atoms with van der Waals surface area (Å²) in [6, 6.07) is 3.54. The van der Waals surface area contributed by atoms with Gasteiger partial charge in [0, 0.05) is 12.5 Å². The topological polar surface area (TPSA) is 63.3 Å². The SMILES string of the molecule is NC1Cc2cc(O)cc(CC=O)c2C1. The van der Waals surface area contributed by atoms with E-state index in [0.717, 1.165) is 35.8 Å². The zero-order chi connectivity index (χ0) is 10.1. The zero-order valence-corrected chi connectivity index (χ0v) is 7.86. The molecule has 1 atom stereocenters. The van der Waals surface area contributed by atoms with Crippen LogP contribution in [0.4, 0.5) is 0 Å². The van der Waals surface area contributed by atoms with Crippen LogP contribution in [-0.4, -0.2) is 17.4 Å². The van der Waals surface area contributed by atoms with E-state index in [9.17, 15) is 9.90 Å². The first-order chi connectivity index (χ1) is 6.70. The highest BCUT2D eigenvalue weighted by molar-refractivity contribution is 5.59. The number of hydrogen-bond donors (Lipinski definition) is 2. The second kappa shape index (κ2) is 3.42. The molecule has 0 aliphatic heterocycles. The van der Waals surface area contributed by atoms with Crippen molar-refractivity contribution >= 4 is 6.29 Å². The molecule has 0 radical (unpaired) electrons. The molecule has 0 bridgehead atoms. The fraction of sp³-hybridized carbons (Fsp3) is 0.364. The molecular weight excluding hydrogens is 178 g/mol. The number of phenolic OH excluding ortho intramolecular Hbond substituents is 1. The van der Waals surface area contributed by atoms with Crippen molar-refractivity contribution in [3.05, 3.63) is 28.8 Å². The van der Waals surface area contributed by atoms with Crippen LogP contribution in [0, 0.1) is 0 Å². The van der Waals surface area contributed by atoms with Gasteiger partial charge in [-0.25, -0.2) is 0 Å². The molecule has 0 heterocycles. The average Bonchev–Trinajstić information content (AvgIpc) is 2.45. The largest absolute Gasteiger partial charge is 0.508 e. The lowest BCUT2D eigenvalue weighted by molar-refractivity contribution is -0.107. The standard InChI is InChI=1S/C11H13NO2/c12-9-3-8-5-10(14)4-7(1-2-13)11(8)6-9/h2,4-5,9,14H,1,3,6,12H2. The number of nitrogens with two attached hydrogens (primary N) is 1. The summed E-state index contributed by atoms with van der Waals surface area (Å²) in [6.07, 6.45) is 2.84. The molecule has 3 nitrogen and oxygen atoms in total. The fourth-order valence-electron chi connectivity index (χ4n) is 2.11. The van der Waals surface area contributed by atoms with E-state index in [0.29, 0.717) is 6.42 Å². The van der Waals surface area contributed by atoms with Crippen LogP contribution >= 0.6 is 0 Å². The molecular formula is C11H13NO2. The van der Waals surface area contributed by atoms with E-state index in [2.05, 4.69) is 0 Å². The Morgan fingerprint density at radius 1 is 1.50 bits per heavy atom. The van der Waals surface area contributed by atoms with E-state index in [-0.39, 0.29) is 11.8 Å². The van der Waals surface area contributed by atoms with Crippen LogP contribution in [0.1, 0.15) is 16.7 Å². The van der Waals surface area contributed by atoms with Gasteiger partial charge in [0.05, 0.1) is 0 Å². The maximum absolute atomic E-state index is 10.5. The molecule has 0 fully saturated rings. The number of phenols is 1. The van der Waals surface area contributed by atoms with Gasteiger partial charge < -0.3 is 15.6 Å². The van der Waals surface area contributed by atoms with Gasteiger partial charge in [0.1, 0.15) is 12.0 Å². The van der Waals surface area contributed by atoms with Crippen LogP contribution in [0.25, 0.3) is 0 Å². The van der Waals surface area contributed by atoms with E-state index in [4.69, 9.17) is 5.73 Å². The number of carbonyl (C=O) groups is 1. The first-order valence-corrected chi connectivity index (χ1v) is 4.73. The molecule has 2 rings (SSSR count). The minimum atomic E-state index is 0.136. The molecule has 1 aromatic rings. The molecule has 74 valence electrons. The highest BCUT2D eigenvalue weighted by atomic mass is 16.3. The van der Waals surface area contributed by atoms with Crippen molar-refractivity contribution in [1.29, 1.82) is 0 Å². The summed E-state index contributed by atoms with van der Waals surface area (Å²) < 4.78 is 0. The molecule has 1 aliphatic rings. The molecule has 3 heteroatoms.